The molecule has 0 unspecified atom stereocenters. The van der Waals surface area contributed by atoms with Crippen LogP contribution in [0.5, 0.6) is 0 Å². The van der Waals surface area contributed by atoms with Crippen molar-refractivity contribution in [3.63, 3.8) is 0 Å². The summed E-state index contributed by atoms with van der Waals surface area (Å²) in [7, 11) is 2.12. The van der Waals surface area contributed by atoms with Crippen molar-refractivity contribution in [1.82, 2.24) is 14.1 Å². The molecule has 0 radical (unpaired) electrons. The fourth-order valence-corrected chi connectivity index (χ4v) is 6.78. The highest BCUT2D eigenvalue weighted by molar-refractivity contribution is 6.15. The van der Waals surface area contributed by atoms with Crippen molar-refractivity contribution in [2.24, 2.45) is 7.05 Å². The van der Waals surface area contributed by atoms with Crippen LogP contribution in [-0.4, -0.2) is 14.1 Å². The fourth-order valence-electron chi connectivity index (χ4n) is 6.78. The second-order valence-electron chi connectivity index (χ2n) is 10.5. The van der Waals surface area contributed by atoms with Crippen LogP contribution in [-0.2, 0) is 12.5 Å². The molecule has 2 heterocycles. The summed E-state index contributed by atoms with van der Waals surface area (Å²) in [6, 6.07) is 35.2. The summed E-state index contributed by atoms with van der Waals surface area (Å²) in [5, 5.41) is 5.26. The SMILES string of the molecule is Cn1c(-n2c3ccccc3c3c4c(ccc32)-c2ccc3ccccc3c2C4(C)C)nc2ccccc21. The predicted octanol–water partition coefficient (Wildman–Crippen LogP) is 8.13. The first-order valence-corrected chi connectivity index (χ1v) is 12.6. The monoisotopic (exact) mass is 463 g/mol. The molecule has 0 amide bonds. The van der Waals surface area contributed by atoms with Crippen LogP contribution in [0.2, 0.25) is 0 Å². The molecule has 5 aromatic carbocycles. The van der Waals surface area contributed by atoms with Gasteiger partial charge < -0.3 is 4.57 Å². The highest BCUT2D eigenvalue weighted by atomic mass is 15.2. The highest BCUT2D eigenvalue weighted by Gasteiger charge is 2.39. The minimum Gasteiger partial charge on any atom is -0.313 e. The van der Waals surface area contributed by atoms with Crippen molar-refractivity contribution in [2.45, 2.75) is 19.3 Å². The molecule has 1 aliphatic rings. The van der Waals surface area contributed by atoms with Crippen LogP contribution in [0.3, 0.4) is 0 Å². The highest BCUT2D eigenvalue weighted by Crippen LogP contribution is 2.55. The number of para-hydroxylation sites is 3. The van der Waals surface area contributed by atoms with Gasteiger partial charge in [0.15, 0.2) is 0 Å². The lowest BCUT2D eigenvalue weighted by molar-refractivity contribution is 0.672. The Morgan fingerprint density at radius 2 is 1.28 bits per heavy atom. The standard InChI is InChI=1S/C33H25N3/c1-33(2)30-21-11-5-4-10-20(21)16-17-22(30)23-18-19-28-29(31(23)33)24-12-6-8-14-26(24)36(28)32-34-25-13-7-9-15-27(25)35(32)3/h4-19H,1-3H3. The number of hydrogen-bond donors (Lipinski definition) is 0. The second-order valence-corrected chi connectivity index (χ2v) is 10.5. The van der Waals surface area contributed by atoms with Gasteiger partial charge in [0.25, 0.3) is 0 Å². The number of aromatic nitrogens is 3. The smallest absolute Gasteiger partial charge is 0.215 e. The molecule has 0 bridgehead atoms. The zero-order valence-electron chi connectivity index (χ0n) is 20.6. The summed E-state index contributed by atoms with van der Waals surface area (Å²) in [6.07, 6.45) is 0. The van der Waals surface area contributed by atoms with Crippen LogP contribution in [0, 0.1) is 0 Å². The fraction of sp³-hybridized carbons (Fsp3) is 0.121. The summed E-state index contributed by atoms with van der Waals surface area (Å²) in [4.78, 5) is 5.09. The maximum atomic E-state index is 5.09. The van der Waals surface area contributed by atoms with E-state index in [0.29, 0.717) is 0 Å². The molecular formula is C33H25N3. The minimum atomic E-state index is -0.133. The molecule has 36 heavy (non-hydrogen) atoms. The Balaban J connectivity index is 1.53. The van der Waals surface area contributed by atoms with Crippen molar-refractivity contribution in [1.29, 1.82) is 0 Å². The first-order chi connectivity index (χ1) is 17.6. The van der Waals surface area contributed by atoms with Gasteiger partial charge in [0.05, 0.1) is 22.1 Å². The predicted molar refractivity (Wildman–Crippen MR) is 150 cm³/mol. The lowest BCUT2D eigenvalue weighted by Crippen LogP contribution is -2.16. The molecule has 2 aromatic heterocycles. The zero-order valence-corrected chi connectivity index (χ0v) is 20.6. The van der Waals surface area contributed by atoms with E-state index in [1.807, 2.05) is 0 Å². The molecule has 1 aliphatic carbocycles. The first-order valence-electron chi connectivity index (χ1n) is 12.6. The number of rotatable bonds is 1. The minimum absolute atomic E-state index is 0.133. The van der Waals surface area contributed by atoms with Gasteiger partial charge in [-0.1, -0.05) is 86.6 Å². The molecular weight excluding hydrogens is 438 g/mol. The van der Waals surface area contributed by atoms with Gasteiger partial charge in [-0.2, -0.15) is 0 Å². The number of hydrogen-bond acceptors (Lipinski definition) is 1. The maximum absolute atomic E-state index is 5.09. The molecule has 0 atom stereocenters. The van der Waals surface area contributed by atoms with Gasteiger partial charge in [0.2, 0.25) is 5.95 Å². The molecule has 8 rings (SSSR count). The third kappa shape index (κ3) is 2.31. The molecule has 0 spiro atoms. The average molecular weight is 464 g/mol. The van der Waals surface area contributed by atoms with E-state index in [2.05, 4.69) is 127 Å². The number of fused-ring (bicyclic) bond motifs is 10. The van der Waals surface area contributed by atoms with Crippen LogP contribution in [0.25, 0.3) is 60.7 Å². The largest absolute Gasteiger partial charge is 0.313 e. The topological polar surface area (TPSA) is 22.8 Å². The molecule has 0 saturated carbocycles. The van der Waals surface area contributed by atoms with Gasteiger partial charge >= 0.3 is 0 Å². The van der Waals surface area contributed by atoms with E-state index >= 15 is 0 Å². The summed E-state index contributed by atoms with van der Waals surface area (Å²) >= 11 is 0. The molecule has 3 heteroatoms. The quantitative estimate of drug-likeness (QED) is 0.241. The first kappa shape index (κ1) is 19.9. The normalized spacial score (nSPS) is 14.2. The maximum Gasteiger partial charge on any atom is 0.215 e. The summed E-state index contributed by atoms with van der Waals surface area (Å²) < 4.78 is 4.56. The molecule has 7 aromatic rings. The van der Waals surface area contributed by atoms with Gasteiger partial charge in [-0.3, -0.25) is 4.57 Å². The van der Waals surface area contributed by atoms with Gasteiger partial charge in [-0.05, 0) is 57.3 Å². The van der Waals surface area contributed by atoms with Crippen LogP contribution in [0.15, 0.2) is 97.1 Å². The Hall–Kier alpha value is -4.37. The van der Waals surface area contributed by atoms with Gasteiger partial charge in [-0.15, -0.1) is 0 Å². The van der Waals surface area contributed by atoms with Crippen LogP contribution >= 0.6 is 0 Å². The van der Waals surface area contributed by atoms with E-state index in [1.165, 1.54) is 54.8 Å². The third-order valence-electron chi connectivity index (χ3n) is 8.27. The molecule has 0 aliphatic heterocycles. The lowest BCUT2D eigenvalue weighted by atomic mass is 9.78. The second kappa shape index (κ2) is 6.64. The molecule has 3 nitrogen and oxygen atoms in total. The Bertz CT molecular complexity index is 2030. The summed E-state index contributed by atoms with van der Waals surface area (Å²) in [5.41, 5.74) is 9.97. The van der Waals surface area contributed by atoms with Crippen molar-refractivity contribution >= 4 is 43.6 Å². The third-order valence-corrected chi connectivity index (χ3v) is 8.27. The van der Waals surface area contributed by atoms with Crippen molar-refractivity contribution < 1.29 is 0 Å². The Labute approximate surface area is 209 Å². The molecule has 0 fully saturated rings. The number of aryl methyl sites for hydroxylation is 1. The van der Waals surface area contributed by atoms with Crippen molar-refractivity contribution in [3.8, 4) is 17.1 Å². The molecule has 172 valence electrons. The summed E-state index contributed by atoms with van der Waals surface area (Å²) in [5.74, 6) is 0.945. The van der Waals surface area contributed by atoms with Crippen LogP contribution in [0.4, 0.5) is 0 Å². The number of nitrogens with zero attached hydrogens (tertiary/aromatic N) is 3. The Morgan fingerprint density at radius 3 is 2.11 bits per heavy atom. The lowest BCUT2D eigenvalue weighted by Gasteiger charge is -2.24. The van der Waals surface area contributed by atoms with Crippen molar-refractivity contribution in [3.05, 3.63) is 108 Å². The van der Waals surface area contributed by atoms with Crippen LogP contribution in [0.1, 0.15) is 25.0 Å². The average Bonchev–Trinajstić information content (AvgIpc) is 3.49. The molecule has 0 N–H and O–H groups in total. The Morgan fingerprint density at radius 1 is 0.611 bits per heavy atom. The zero-order chi connectivity index (χ0) is 24.2. The van der Waals surface area contributed by atoms with Crippen LogP contribution < -0.4 is 0 Å². The summed E-state index contributed by atoms with van der Waals surface area (Å²) in [6.45, 7) is 4.79. The molecule has 0 saturated heterocycles. The van der Waals surface area contributed by atoms with Crippen molar-refractivity contribution in [2.75, 3.05) is 0 Å². The number of benzene rings is 5. The van der Waals surface area contributed by atoms with Gasteiger partial charge in [0, 0.05) is 23.2 Å². The number of imidazole rings is 1. The van der Waals surface area contributed by atoms with E-state index in [4.69, 9.17) is 4.98 Å². The Kier molecular flexibility index (Phi) is 3.67. The van der Waals surface area contributed by atoms with E-state index in [9.17, 15) is 0 Å². The van der Waals surface area contributed by atoms with E-state index in [1.54, 1.807) is 0 Å². The van der Waals surface area contributed by atoms with E-state index < -0.39 is 0 Å². The van der Waals surface area contributed by atoms with Gasteiger partial charge in [0.1, 0.15) is 0 Å². The van der Waals surface area contributed by atoms with Gasteiger partial charge in [-0.25, -0.2) is 4.98 Å². The van der Waals surface area contributed by atoms with E-state index in [0.717, 1.165) is 17.0 Å². The van der Waals surface area contributed by atoms with E-state index in [-0.39, 0.29) is 5.41 Å².